The standard InChI is InChI=1S/C18H16N4S/c23-18(20-16-7-3-1-4-8-16)21-19-13-15-11-12-22(14-15)17-9-5-2-6-10-17/h1-14H,(H2,20,21,23)/b19-13+. The first-order chi connectivity index (χ1) is 11.3. The van der Waals surface area contributed by atoms with Crippen molar-refractivity contribution in [2.24, 2.45) is 5.10 Å². The molecular weight excluding hydrogens is 304 g/mol. The maximum absolute atomic E-state index is 5.19. The predicted octanol–water partition coefficient (Wildman–Crippen LogP) is 3.80. The van der Waals surface area contributed by atoms with Crippen molar-refractivity contribution in [3.63, 3.8) is 0 Å². The highest BCUT2D eigenvalue weighted by molar-refractivity contribution is 7.80. The van der Waals surface area contributed by atoms with E-state index in [4.69, 9.17) is 12.2 Å². The van der Waals surface area contributed by atoms with E-state index in [9.17, 15) is 0 Å². The van der Waals surface area contributed by atoms with Gasteiger partial charge in [-0.15, -0.1) is 0 Å². The maximum atomic E-state index is 5.19. The van der Waals surface area contributed by atoms with Crippen LogP contribution in [-0.4, -0.2) is 15.9 Å². The average Bonchev–Trinajstić information content (AvgIpc) is 3.05. The molecule has 0 saturated heterocycles. The largest absolute Gasteiger partial charge is 0.331 e. The third-order valence-electron chi connectivity index (χ3n) is 3.18. The zero-order valence-electron chi connectivity index (χ0n) is 12.4. The van der Waals surface area contributed by atoms with Crippen LogP contribution < -0.4 is 10.7 Å². The Morgan fingerprint density at radius 1 is 0.957 bits per heavy atom. The smallest absolute Gasteiger partial charge is 0.191 e. The van der Waals surface area contributed by atoms with Crippen LogP contribution in [0.3, 0.4) is 0 Å². The fraction of sp³-hybridized carbons (Fsp3) is 0. The van der Waals surface area contributed by atoms with E-state index in [1.807, 2.05) is 71.6 Å². The zero-order chi connectivity index (χ0) is 15.9. The van der Waals surface area contributed by atoms with Gasteiger partial charge in [0, 0.05) is 29.3 Å². The number of hydrazone groups is 1. The second-order valence-electron chi connectivity index (χ2n) is 4.88. The average molecular weight is 320 g/mol. The number of nitrogens with one attached hydrogen (secondary N) is 2. The highest BCUT2D eigenvalue weighted by Crippen LogP contribution is 2.09. The summed E-state index contributed by atoms with van der Waals surface area (Å²) in [6.07, 6.45) is 5.74. The van der Waals surface area contributed by atoms with Gasteiger partial charge >= 0.3 is 0 Å². The van der Waals surface area contributed by atoms with Gasteiger partial charge in [-0.1, -0.05) is 36.4 Å². The predicted molar refractivity (Wildman–Crippen MR) is 99.2 cm³/mol. The summed E-state index contributed by atoms with van der Waals surface area (Å²) in [7, 11) is 0. The van der Waals surface area contributed by atoms with Gasteiger partial charge in [-0.3, -0.25) is 5.43 Å². The number of aromatic nitrogens is 1. The lowest BCUT2D eigenvalue weighted by Gasteiger charge is -2.05. The molecule has 0 aliphatic carbocycles. The molecule has 2 N–H and O–H groups in total. The minimum atomic E-state index is 0.454. The van der Waals surface area contributed by atoms with Crippen LogP contribution >= 0.6 is 12.2 Å². The van der Waals surface area contributed by atoms with Gasteiger partial charge < -0.3 is 9.88 Å². The summed E-state index contributed by atoms with van der Waals surface area (Å²) >= 11 is 5.19. The first-order valence-electron chi connectivity index (χ1n) is 7.20. The second kappa shape index (κ2) is 7.38. The summed E-state index contributed by atoms with van der Waals surface area (Å²) < 4.78 is 2.04. The minimum absolute atomic E-state index is 0.454. The van der Waals surface area contributed by atoms with Gasteiger partial charge in [0.2, 0.25) is 0 Å². The molecule has 0 aliphatic heterocycles. The van der Waals surface area contributed by atoms with E-state index in [1.165, 1.54) is 0 Å². The van der Waals surface area contributed by atoms with Gasteiger partial charge in [0.05, 0.1) is 6.21 Å². The Balaban J connectivity index is 1.56. The molecule has 0 bridgehead atoms. The van der Waals surface area contributed by atoms with Gasteiger partial charge in [-0.25, -0.2) is 0 Å². The number of thiocarbonyl (C=S) groups is 1. The Labute approximate surface area is 140 Å². The van der Waals surface area contributed by atoms with E-state index in [2.05, 4.69) is 28.0 Å². The first kappa shape index (κ1) is 15.0. The number of benzene rings is 2. The van der Waals surface area contributed by atoms with Crippen LogP contribution in [0, 0.1) is 0 Å². The Hall–Kier alpha value is -2.92. The molecule has 4 nitrogen and oxygen atoms in total. The van der Waals surface area contributed by atoms with Crippen molar-refractivity contribution in [1.82, 2.24) is 9.99 Å². The lowest BCUT2D eigenvalue weighted by Crippen LogP contribution is -2.23. The van der Waals surface area contributed by atoms with Crippen LogP contribution in [0.25, 0.3) is 5.69 Å². The number of rotatable bonds is 4. The second-order valence-corrected chi connectivity index (χ2v) is 5.29. The van der Waals surface area contributed by atoms with Crippen molar-refractivity contribution in [1.29, 1.82) is 0 Å². The van der Waals surface area contributed by atoms with E-state index >= 15 is 0 Å². The van der Waals surface area contributed by atoms with E-state index < -0.39 is 0 Å². The van der Waals surface area contributed by atoms with Crippen molar-refractivity contribution >= 4 is 29.2 Å². The fourth-order valence-electron chi connectivity index (χ4n) is 2.10. The van der Waals surface area contributed by atoms with Crippen LogP contribution in [0.1, 0.15) is 5.56 Å². The lowest BCUT2D eigenvalue weighted by molar-refractivity contribution is 1.05. The van der Waals surface area contributed by atoms with Crippen molar-refractivity contribution in [3.05, 3.63) is 84.7 Å². The molecular formula is C18H16N4S. The third kappa shape index (κ3) is 4.28. The molecule has 0 radical (unpaired) electrons. The Morgan fingerprint density at radius 3 is 2.39 bits per heavy atom. The van der Waals surface area contributed by atoms with Crippen molar-refractivity contribution in [2.75, 3.05) is 5.32 Å². The molecule has 0 atom stereocenters. The van der Waals surface area contributed by atoms with Crippen molar-refractivity contribution in [2.45, 2.75) is 0 Å². The summed E-state index contributed by atoms with van der Waals surface area (Å²) in [5.41, 5.74) is 5.84. The topological polar surface area (TPSA) is 41.4 Å². The van der Waals surface area contributed by atoms with Gasteiger partial charge in [-0.2, -0.15) is 5.10 Å². The quantitative estimate of drug-likeness (QED) is 0.436. The molecule has 23 heavy (non-hydrogen) atoms. The molecule has 1 aromatic heterocycles. The van der Waals surface area contributed by atoms with Crippen LogP contribution in [-0.2, 0) is 0 Å². The monoisotopic (exact) mass is 320 g/mol. The van der Waals surface area contributed by atoms with E-state index in [1.54, 1.807) is 6.21 Å². The molecule has 3 aromatic rings. The number of nitrogens with zero attached hydrogens (tertiary/aromatic N) is 2. The molecule has 5 heteroatoms. The van der Waals surface area contributed by atoms with Crippen molar-refractivity contribution < 1.29 is 0 Å². The van der Waals surface area contributed by atoms with E-state index in [0.29, 0.717) is 5.11 Å². The highest BCUT2D eigenvalue weighted by atomic mass is 32.1. The zero-order valence-corrected chi connectivity index (χ0v) is 13.2. The van der Waals surface area contributed by atoms with Crippen LogP contribution in [0.5, 0.6) is 0 Å². The first-order valence-corrected chi connectivity index (χ1v) is 7.60. The van der Waals surface area contributed by atoms with Crippen LogP contribution in [0.2, 0.25) is 0 Å². The third-order valence-corrected chi connectivity index (χ3v) is 3.37. The molecule has 0 spiro atoms. The summed E-state index contributed by atoms with van der Waals surface area (Å²) in [5, 5.41) is 7.67. The number of hydrogen-bond donors (Lipinski definition) is 2. The highest BCUT2D eigenvalue weighted by Gasteiger charge is 1.97. The number of para-hydroxylation sites is 2. The minimum Gasteiger partial charge on any atom is -0.331 e. The number of anilines is 1. The molecule has 3 rings (SSSR count). The van der Waals surface area contributed by atoms with Crippen LogP contribution in [0.15, 0.2) is 84.2 Å². The Bertz CT molecular complexity index is 794. The Kier molecular flexibility index (Phi) is 4.81. The molecule has 114 valence electrons. The fourth-order valence-corrected chi connectivity index (χ4v) is 2.27. The normalized spacial score (nSPS) is 10.6. The Morgan fingerprint density at radius 2 is 1.65 bits per heavy atom. The summed E-state index contributed by atoms with van der Waals surface area (Å²) in [4.78, 5) is 0. The maximum Gasteiger partial charge on any atom is 0.191 e. The summed E-state index contributed by atoms with van der Waals surface area (Å²) in [6.45, 7) is 0. The van der Waals surface area contributed by atoms with Crippen LogP contribution in [0.4, 0.5) is 5.69 Å². The molecule has 0 amide bonds. The van der Waals surface area contributed by atoms with Gasteiger partial charge in [0.15, 0.2) is 5.11 Å². The van der Waals surface area contributed by atoms with Gasteiger partial charge in [0.1, 0.15) is 0 Å². The SMILES string of the molecule is S=C(N/N=C/c1ccn(-c2ccccc2)c1)Nc1ccccc1. The van der Waals surface area contributed by atoms with Gasteiger partial charge in [-0.05, 0) is 42.5 Å². The molecule has 0 unspecified atom stereocenters. The van der Waals surface area contributed by atoms with E-state index in [-0.39, 0.29) is 0 Å². The van der Waals surface area contributed by atoms with Crippen molar-refractivity contribution in [3.8, 4) is 5.69 Å². The summed E-state index contributed by atoms with van der Waals surface area (Å²) in [5.74, 6) is 0. The molecule has 0 saturated carbocycles. The van der Waals surface area contributed by atoms with Gasteiger partial charge in [0.25, 0.3) is 0 Å². The molecule has 0 aliphatic rings. The lowest BCUT2D eigenvalue weighted by atomic mass is 10.3. The molecule has 0 fully saturated rings. The number of hydrogen-bond acceptors (Lipinski definition) is 2. The summed E-state index contributed by atoms with van der Waals surface area (Å²) in [6, 6.07) is 21.9. The molecule has 1 heterocycles. The van der Waals surface area contributed by atoms with E-state index in [0.717, 1.165) is 16.9 Å². The molecule has 2 aromatic carbocycles.